The van der Waals surface area contributed by atoms with E-state index in [4.69, 9.17) is 31.4 Å². The van der Waals surface area contributed by atoms with Crippen molar-refractivity contribution in [2.45, 2.75) is 37.6 Å². The summed E-state index contributed by atoms with van der Waals surface area (Å²) in [5, 5.41) is 3.24. The number of amides is 1. The molecule has 0 aromatic heterocycles. The molecule has 3 nitrogen and oxygen atoms in total. The number of carbonyl (C=O) groups is 1. The maximum Gasteiger partial charge on any atom is 0.251 e. The lowest BCUT2D eigenvalue weighted by atomic mass is 9.80. The van der Waals surface area contributed by atoms with Gasteiger partial charge in [-0.05, 0) is 45.0 Å². The Hall–Kier alpha value is -0.770. The molecule has 1 aromatic carbocycles. The fourth-order valence-electron chi connectivity index (χ4n) is 2.67. The third kappa shape index (κ3) is 3.91. The monoisotopic (exact) mass is 334 g/mol. The first-order chi connectivity index (χ1) is 12.4. The largest absolute Gasteiger partial charge is 0.350 e. The second-order valence-electron chi connectivity index (χ2n) is 5.43. The van der Waals surface area contributed by atoms with Gasteiger partial charge in [-0.3, -0.25) is 4.79 Å². The SMILES string of the molecule is [2H]C([2H])([2H])N(C([2H])([2H])[2H])C1(CNC(=O)c2ccc(Cl)c(Cl)c2)CCCCC1. The molecule has 0 spiro atoms. The van der Waals surface area contributed by atoms with Crippen LogP contribution in [0.1, 0.15) is 50.7 Å². The minimum atomic E-state index is -2.81. The molecule has 0 atom stereocenters. The molecule has 0 radical (unpaired) electrons. The number of hydrogen-bond acceptors (Lipinski definition) is 2. The summed E-state index contributed by atoms with van der Waals surface area (Å²) >= 11 is 11.8. The molecule has 0 heterocycles. The molecule has 0 bridgehead atoms. The van der Waals surface area contributed by atoms with Crippen LogP contribution >= 0.6 is 23.2 Å². The van der Waals surface area contributed by atoms with E-state index in [1.807, 2.05) is 0 Å². The van der Waals surface area contributed by atoms with Crippen LogP contribution in [0.4, 0.5) is 0 Å². The second-order valence-corrected chi connectivity index (χ2v) is 6.25. The third-order valence-corrected chi connectivity index (χ3v) is 4.76. The van der Waals surface area contributed by atoms with Gasteiger partial charge in [0.05, 0.1) is 10.0 Å². The van der Waals surface area contributed by atoms with Crippen LogP contribution < -0.4 is 5.32 Å². The highest BCUT2D eigenvalue weighted by Gasteiger charge is 2.34. The van der Waals surface area contributed by atoms with E-state index in [1.165, 1.54) is 18.2 Å². The summed E-state index contributed by atoms with van der Waals surface area (Å²) in [6.45, 7) is -5.70. The topological polar surface area (TPSA) is 32.3 Å². The fraction of sp³-hybridized carbons (Fsp3) is 0.562. The number of carbonyl (C=O) groups excluding carboxylic acids is 1. The van der Waals surface area contributed by atoms with Crippen molar-refractivity contribution in [3.05, 3.63) is 33.8 Å². The number of hydrogen-bond donors (Lipinski definition) is 1. The van der Waals surface area contributed by atoms with E-state index in [0.717, 1.165) is 6.42 Å². The molecule has 0 aliphatic heterocycles. The van der Waals surface area contributed by atoms with E-state index in [0.29, 0.717) is 35.6 Å². The van der Waals surface area contributed by atoms with Crippen molar-refractivity contribution in [2.24, 2.45) is 0 Å². The van der Waals surface area contributed by atoms with Gasteiger partial charge >= 0.3 is 0 Å². The Morgan fingerprint density at radius 1 is 1.29 bits per heavy atom. The lowest BCUT2D eigenvalue weighted by molar-refractivity contribution is 0.0799. The summed E-state index contributed by atoms with van der Waals surface area (Å²) in [7, 11) is 0. The zero-order valence-corrected chi connectivity index (χ0v) is 13.1. The predicted molar refractivity (Wildman–Crippen MR) is 88.3 cm³/mol. The Balaban J connectivity index is 2.28. The van der Waals surface area contributed by atoms with E-state index in [-0.39, 0.29) is 17.1 Å². The first kappa shape index (κ1) is 10.1. The zero-order valence-electron chi connectivity index (χ0n) is 17.6. The van der Waals surface area contributed by atoms with Crippen LogP contribution in [0.25, 0.3) is 0 Å². The lowest BCUT2D eigenvalue weighted by Gasteiger charge is -2.43. The van der Waals surface area contributed by atoms with Crippen LogP contribution in [0.5, 0.6) is 0 Å². The summed E-state index contributed by atoms with van der Waals surface area (Å²) in [5.74, 6) is -0.463. The molecule has 21 heavy (non-hydrogen) atoms. The van der Waals surface area contributed by atoms with Crippen molar-refractivity contribution >= 4 is 29.1 Å². The number of likely N-dealkylation sites (N-methyl/N-ethyl adjacent to an activating group) is 1. The molecule has 0 unspecified atom stereocenters. The van der Waals surface area contributed by atoms with E-state index in [9.17, 15) is 4.79 Å². The van der Waals surface area contributed by atoms with Gasteiger partial charge in [-0.25, -0.2) is 0 Å². The van der Waals surface area contributed by atoms with Gasteiger partial charge in [0.1, 0.15) is 0 Å². The van der Waals surface area contributed by atoms with Gasteiger partial charge in [-0.15, -0.1) is 0 Å². The number of nitrogens with one attached hydrogen (secondary N) is 1. The molecule has 0 saturated heterocycles. The molecule has 2 rings (SSSR count). The molecule has 1 fully saturated rings. The van der Waals surface area contributed by atoms with Crippen LogP contribution in [0.3, 0.4) is 0 Å². The number of nitrogens with zero attached hydrogens (tertiary/aromatic N) is 1. The quantitative estimate of drug-likeness (QED) is 0.902. The predicted octanol–water partition coefficient (Wildman–Crippen LogP) is 3.99. The van der Waals surface area contributed by atoms with Gasteiger partial charge in [0.15, 0.2) is 0 Å². The highest BCUT2D eigenvalue weighted by molar-refractivity contribution is 6.42. The summed E-state index contributed by atoms with van der Waals surface area (Å²) in [5.41, 5.74) is -0.898. The average molecular weight is 335 g/mol. The Bertz CT molecular complexity index is 672. The molecule has 5 heteroatoms. The second kappa shape index (κ2) is 6.99. The molecule has 116 valence electrons. The van der Waals surface area contributed by atoms with Crippen LogP contribution in [-0.2, 0) is 0 Å². The van der Waals surface area contributed by atoms with Crippen LogP contribution in [-0.4, -0.2) is 36.8 Å². The van der Waals surface area contributed by atoms with Crippen LogP contribution in [0.2, 0.25) is 10.0 Å². The highest BCUT2D eigenvalue weighted by Crippen LogP contribution is 2.31. The Morgan fingerprint density at radius 2 is 2.00 bits per heavy atom. The van der Waals surface area contributed by atoms with E-state index in [1.54, 1.807) is 0 Å². The van der Waals surface area contributed by atoms with Crippen molar-refractivity contribution in [1.82, 2.24) is 10.2 Å². The maximum absolute atomic E-state index is 12.5. The molecule has 1 saturated carbocycles. The Kier molecular flexibility index (Phi) is 3.36. The first-order valence-corrected chi connectivity index (χ1v) is 7.66. The maximum atomic E-state index is 12.5. The lowest BCUT2D eigenvalue weighted by Crippen LogP contribution is -2.53. The molecule has 1 N–H and O–H groups in total. The van der Waals surface area contributed by atoms with Gasteiger partial charge in [-0.1, -0.05) is 42.5 Å². The first-order valence-electron chi connectivity index (χ1n) is 9.91. The minimum absolute atomic E-state index is 0.0805. The van der Waals surface area contributed by atoms with Crippen molar-refractivity contribution < 1.29 is 13.0 Å². The van der Waals surface area contributed by atoms with E-state index in [2.05, 4.69) is 5.32 Å². The summed E-state index contributed by atoms with van der Waals surface area (Å²) in [6, 6.07) is 4.41. The average Bonchev–Trinajstić information content (AvgIpc) is 2.53. The van der Waals surface area contributed by atoms with Crippen LogP contribution in [0.15, 0.2) is 18.2 Å². The highest BCUT2D eigenvalue weighted by atomic mass is 35.5. The molecule has 1 aromatic rings. The summed E-state index contributed by atoms with van der Waals surface area (Å²) < 4.78 is 46.6. The Labute approximate surface area is 145 Å². The van der Waals surface area contributed by atoms with Gasteiger partial charge < -0.3 is 10.2 Å². The summed E-state index contributed by atoms with van der Waals surface area (Å²) in [6.07, 6.45) is 3.06. The van der Waals surface area contributed by atoms with E-state index >= 15 is 0 Å². The number of benzene rings is 1. The summed E-state index contributed by atoms with van der Waals surface area (Å²) in [4.78, 5) is 13.1. The molecular formula is C16H22Cl2N2O. The van der Waals surface area contributed by atoms with Crippen molar-refractivity contribution in [1.29, 1.82) is 0 Å². The van der Waals surface area contributed by atoms with Gasteiger partial charge in [-0.2, -0.15) is 0 Å². The van der Waals surface area contributed by atoms with Gasteiger partial charge in [0.2, 0.25) is 0 Å². The molecular weight excluding hydrogens is 307 g/mol. The normalized spacial score (nSPS) is 23.2. The van der Waals surface area contributed by atoms with Crippen molar-refractivity contribution in [3.63, 3.8) is 0 Å². The molecule has 1 aliphatic carbocycles. The molecule has 1 aliphatic rings. The zero-order chi connectivity index (χ0) is 20.5. The smallest absolute Gasteiger partial charge is 0.251 e. The van der Waals surface area contributed by atoms with Crippen molar-refractivity contribution in [3.8, 4) is 0 Å². The number of halogens is 2. The fourth-order valence-corrected chi connectivity index (χ4v) is 2.97. The molecule has 1 amide bonds. The van der Waals surface area contributed by atoms with Gasteiger partial charge in [0.25, 0.3) is 5.91 Å². The third-order valence-electron chi connectivity index (χ3n) is 4.02. The standard InChI is InChI=1S/C16H22Cl2N2O/c1-20(2)16(8-4-3-5-9-16)11-19-15(21)12-6-7-13(17)14(18)10-12/h6-7,10H,3-5,8-9,11H2,1-2H3,(H,19,21)/i1D3,2D3. The Morgan fingerprint density at radius 3 is 2.62 bits per heavy atom. The van der Waals surface area contributed by atoms with Gasteiger partial charge in [0, 0.05) is 25.9 Å². The van der Waals surface area contributed by atoms with E-state index < -0.39 is 25.4 Å². The minimum Gasteiger partial charge on any atom is -0.350 e. The van der Waals surface area contributed by atoms with Crippen LogP contribution in [0, 0.1) is 0 Å². The number of rotatable bonds is 4. The van der Waals surface area contributed by atoms with Crippen molar-refractivity contribution in [2.75, 3.05) is 20.5 Å².